The van der Waals surface area contributed by atoms with E-state index in [0.29, 0.717) is 5.75 Å². The second kappa shape index (κ2) is 5.07. The van der Waals surface area contributed by atoms with Crippen LogP contribution in [-0.4, -0.2) is 21.5 Å². The Morgan fingerprint density at radius 1 is 1.11 bits per heavy atom. The van der Waals surface area contributed by atoms with Gasteiger partial charge in [-0.3, -0.25) is 8.98 Å². The molecular weight excluding hydrogens is 256 g/mol. The Morgan fingerprint density at radius 3 is 2.00 bits per heavy atom. The van der Waals surface area contributed by atoms with Crippen LogP contribution >= 0.6 is 0 Å². The van der Waals surface area contributed by atoms with Gasteiger partial charge in [0.05, 0.1) is 17.4 Å². The molecule has 1 aromatic rings. The molecule has 0 fully saturated rings. The van der Waals surface area contributed by atoms with Crippen LogP contribution in [0.15, 0.2) is 29.2 Å². The molecule has 0 saturated carbocycles. The molecule has 0 bridgehead atoms. The van der Waals surface area contributed by atoms with Crippen LogP contribution in [0.4, 0.5) is 0 Å². The van der Waals surface area contributed by atoms with E-state index in [1.54, 1.807) is 20.8 Å². The zero-order valence-corrected chi connectivity index (χ0v) is 11.6. The summed E-state index contributed by atoms with van der Waals surface area (Å²) in [5, 5.41) is 0. The van der Waals surface area contributed by atoms with Gasteiger partial charge >= 0.3 is 5.97 Å². The number of carbonyl (C=O) groups excluding carboxylic acids is 1. The molecule has 0 aliphatic carbocycles. The van der Waals surface area contributed by atoms with Gasteiger partial charge in [-0.05, 0) is 45.0 Å². The van der Waals surface area contributed by atoms with Gasteiger partial charge in [0.15, 0.2) is 0 Å². The molecule has 100 valence electrons. The maximum absolute atomic E-state index is 11.6. The van der Waals surface area contributed by atoms with E-state index in [1.807, 2.05) is 0 Å². The van der Waals surface area contributed by atoms with Crippen LogP contribution in [0.5, 0.6) is 5.75 Å². The summed E-state index contributed by atoms with van der Waals surface area (Å²) >= 11 is 0. The maximum Gasteiger partial charge on any atom is 0.316 e. The second-order valence-electron chi connectivity index (χ2n) is 4.73. The van der Waals surface area contributed by atoms with Crippen molar-refractivity contribution < 1.29 is 22.1 Å². The summed E-state index contributed by atoms with van der Waals surface area (Å²) in [5.74, 6) is -0.0881. The summed E-state index contributed by atoms with van der Waals surface area (Å²) in [6.07, 6.45) is 0. The molecule has 1 aromatic carbocycles. The van der Waals surface area contributed by atoms with Crippen molar-refractivity contribution in [1.82, 2.24) is 0 Å². The van der Waals surface area contributed by atoms with Crippen LogP contribution in [0.1, 0.15) is 20.8 Å². The Morgan fingerprint density at radius 2 is 1.61 bits per heavy atom. The molecule has 0 atom stereocenters. The standard InChI is InChI=1S/C12H16O5S/c1-12(2,3)11(13)17-9-5-7-10(8-6-9)18(14,15)16-4/h5-8H,1-4H3. The summed E-state index contributed by atoms with van der Waals surface area (Å²) < 4.78 is 32.2. The molecule has 0 amide bonds. The normalized spacial score (nSPS) is 12.2. The van der Waals surface area contributed by atoms with Crippen LogP contribution < -0.4 is 4.74 Å². The van der Waals surface area contributed by atoms with E-state index in [-0.39, 0.29) is 10.9 Å². The Bertz CT molecular complexity index is 523. The quantitative estimate of drug-likeness (QED) is 0.478. The number of benzene rings is 1. The summed E-state index contributed by atoms with van der Waals surface area (Å²) in [5.41, 5.74) is -0.614. The molecule has 0 saturated heterocycles. The van der Waals surface area contributed by atoms with E-state index >= 15 is 0 Å². The van der Waals surface area contributed by atoms with E-state index in [0.717, 1.165) is 7.11 Å². The summed E-state index contributed by atoms with van der Waals surface area (Å²) in [6, 6.07) is 5.47. The molecular formula is C12H16O5S. The zero-order valence-electron chi connectivity index (χ0n) is 10.8. The third kappa shape index (κ3) is 3.54. The highest BCUT2D eigenvalue weighted by molar-refractivity contribution is 7.86. The molecule has 0 radical (unpaired) electrons. The minimum absolute atomic E-state index is 0.0144. The monoisotopic (exact) mass is 272 g/mol. The topological polar surface area (TPSA) is 69.7 Å². The first kappa shape index (κ1) is 14.7. The van der Waals surface area contributed by atoms with Crippen LogP contribution in [0.25, 0.3) is 0 Å². The van der Waals surface area contributed by atoms with Gasteiger partial charge in [-0.2, -0.15) is 8.42 Å². The van der Waals surface area contributed by atoms with E-state index < -0.39 is 15.5 Å². The molecule has 0 aliphatic heterocycles. The van der Waals surface area contributed by atoms with Crippen molar-refractivity contribution in [2.24, 2.45) is 5.41 Å². The van der Waals surface area contributed by atoms with Crippen LogP contribution in [-0.2, 0) is 19.1 Å². The number of carbonyl (C=O) groups is 1. The molecule has 6 heteroatoms. The van der Waals surface area contributed by atoms with E-state index in [2.05, 4.69) is 4.18 Å². The number of rotatable bonds is 3. The molecule has 0 unspecified atom stereocenters. The lowest BCUT2D eigenvalue weighted by Gasteiger charge is -2.16. The van der Waals surface area contributed by atoms with Crippen molar-refractivity contribution >= 4 is 16.1 Å². The van der Waals surface area contributed by atoms with Gasteiger partial charge in [0.1, 0.15) is 5.75 Å². The van der Waals surface area contributed by atoms with Crippen LogP contribution in [0, 0.1) is 5.41 Å². The second-order valence-corrected chi connectivity index (χ2v) is 6.44. The fourth-order valence-electron chi connectivity index (χ4n) is 1.03. The lowest BCUT2D eigenvalue weighted by molar-refractivity contribution is -0.142. The summed E-state index contributed by atoms with van der Waals surface area (Å²) in [4.78, 5) is 11.6. The average Bonchev–Trinajstić information content (AvgIpc) is 2.28. The van der Waals surface area contributed by atoms with Gasteiger partial charge in [0, 0.05) is 0 Å². The average molecular weight is 272 g/mol. The van der Waals surface area contributed by atoms with Gasteiger partial charge in [0.2, 0.25) is 0 Å². The van der Waals surface area contributed by atoms with E-state index in [1.165, 1.54) is 24.3 Å². The fourth-order valence-corrected chi connectivity index (χ4v) is 1.69. The lowest BCUT2D eigenvalue weighted by Crippen LogP contribution is -2.25. The third-order valence-electron chi connectivity index (χ3n) is 2.15. The van der Waals surface area contributed by atoms with Gasteiger partial charge in [-0.1, -0.05) is 0 Å². The highest BCUT2D eigenvalue weighted by atomic mass is 32.2. The minimum Gasteiger partial charge on any atom is -0.426 e. The van der Waals surface area contributed by atoms with Gasteiger partial charge in [-0.15, -0.1) is 0 Å². The van der Waals surface area contributed by atoms with Crippen molar-refractivity contribution in [3.63, 3.8) is 0 Å². The Balaban J connectivity index is 2.89. The predicted octanol–water partition coefficient (Wildman–Crippen LogP) is 1.97. The zero-order chi connectivity index (χ0) is 14.0. The van der Waals surface area contributed by atoms with Gasteiger partial charge < -0.3 is 4.74 Å². The minimum atomic E-state index is -3.71. The number of hydrogen-bond acceptors (Lipinski definition) is 5. The van der Waals surface area contributed by atoms with Crippen molar-refractivity contribution in [3.8, 4) is 5.75 Å². The summed E-state index contributed by atoms with van der Waals surface area (Å²) in [7, 11) is -2.63. The number of ether oxygens (including phenoxy) is 1. The van der Waals surface area contributed by atoms with E-state index in [4.69, 9.17) is 4.74 Å². The van der Waals surface area contributed by atoms with Gasteiger partial charge in [0.25, 0.3) is 10.1 Å². The first-order valence-electron chi connectivity index (χ1n) is 5.30. The molecule has 0 heterocycles. The maximum atomic E-state index is 11.6. The SMILES string of the molecule is COS(=O)(=O)c1ccc(OC(=O)C(C)(C)C)cc1. The van der Waals surface area contributed by atoms with E-state index in [9.17, 15) is 13.2 Å². The van der Waals surface area contributed by atoms with Crippen molar-refractivity contribution in [2.75, 3.05) is 7.11 Å². The van der Waals surface area contributed by atoms with Crippen LogP contribution in [0.2, 0.25) is 0 Å². The smallest absolute Gasteiger partial charge is 0.316 e. The molecule has 1 rings (SSSR count). The Labute approximate surface area is 107 Å². The Kier molecular flexibility index (Phi) is 4.13. The van der Waals surface area contributed by atoms with Crippen molar-refractivity contribution in [2.45, 2.75) is 25.7 Å². The third-order valence-corrected chi connectivity index (χ3v) is 3.44. The Hall–Kier alpha value is -1.40. The molecule has 0 N–H and O–H groups in total. The number of esters is 1. The first-order valence-corrected chi connectivity index (χ1v) is 6.70. The summed E-state index contributed by atoms with van der Waals surface area (Å²) in [6.45, 7) is 5.21. The van der Waals surface area contributed by atoms with Crippen LogP contribution in [0.3, 0.4) is 0 Å². The van der Waals surface area contributed by atoms with Crippen molar-refractivity contribution in [1.29, 1.82) is 0 Å². The highest BCUT2D eigenvalue weighted by Gasteiger charge is 2.23. The molecule has 5 nitrogen and oxygen atoms in total. The molecule has 0 aliphatic rings. The molecule has 0 spiro atoms. The first-order chi connectivity index (χ1) is 8.16. The predicted molar refractivity (Wildman–Crippen MR) is 65.7 cm³/mol. The largest absolute Gasteiger partial charge is 0.426 e. The molecule has 0 aromatic heterocycles. The lowest BCUT2D eigenvalue weighted by atomic mass is 9.97. The fraction of sp³-hybridized carbons (Fsp3) is 0.417. The van der Waals surface area contributed by atoms with Crippen molar-refractivity contribution in [3.05, 3.63) is 24.3 Å². The molecule has 18 heavy (non-hydrogen) atoms. The van der Waals surface area contributed by atoms with Gasteiger partial charge in [-0.25, -0.2) is 0 Å². The number of hydrogen-bond donors (Lipinski definition) is 0. The highest BCUT2D eigenvalue weighted by Crippen LogP contribution is 2.21.